The molecule has 1 unspecified atom stereocenters. The first-order valence-electron chi connectivity index (χ1n) is 18.2. The number of rotatable bonds is 5. The highest BCUT2D eigenvalue weighted by molar-refractivity contribution is 7.99. The predicted molar refractivity (Wildman–Crippen MR) is 223 cm³/mol. The van der Waals surface area contributed by atoms with Crippen LogP contribution in [0.25, 0.3) is 22.3 Å². The van der Waals surface area contributed by atoms with Crippen molar-refractivity contribution in [3.63, 3.8) is 0 Å². The predicted octanol–water partition coefficient (Wildman–Crippen LogP) is 10.3. The number of nitrogens with zero attached hydrogens (tertiary/aromatic N) is 1. The molecule has 0 aromatic heterocycles. The quantitative estimate of drug-likeness (QED) is 0.165. The van der Waals surface area contributed by atoms with Crippen LogP contribution in [0.1, 0.15) is 11.1 Å². The first-order valence-corrected chi connectivity index (χ1v) is 21.0. The Bertz CT molecular complexity index is 2670. The molecule has 0 spiro atoms. The van der Waals surface area contributed by atoms with Crippen LogP contribution in [0.5, 0.6) is 11.5 Å². The van der Waals surface area contributed by atoms with E-state index in [1.165, 1.54) is 59.0 Å². The van der Waals surface area contributed by atoms with E-state index < -0.39 is 8.07 Å². The Morgan fingerprint density at radius 3 is 1.87 bits per heavy atom. The van der Waals surface area contributed by atoms with Gasteiger partial charge in [0.25, 0.3) is 0 Å². The van der Waals surface area contributed by atoms with E-state index in [4.69, 9.17) is 4.74 Å². The summed E-state index contributed by atoms with van der Waals surface area (Å²) >= 11 is 1.81. The van der Waals surface area contributed by atoms with E-state index in [1.807, 2.05) is 11.8 Å². The number of fused-ring (bicyclic) bond motifs is 9. The van der Waals surface area contributed by atoms with E-state index in [0.717, 1.165) is 39.9 Å². The summed E-state index contributed by atoms with van der Waals surface area (Å²) in [6, 6.07) is 69.4. The lowest BCUT2D eigenvalue weighted by Crippen LogP contribution is -2.72. The summed E-state index contributed by atoms with van der Waals surface area (Å²) in [5, 5.41) is 5.57. The second kappa shape index (κ2) is 12.0. The molecule has 2 nitrogen and oxygen atoms in total. The smallest absolute Gasteiger partial charge is 0.181 e. The summed E-state index contributed by atoms with van der Waals surface area (Å²) < 4.78 is 6.91. The number of benzene rings is 8. The molecule has 0 amide bonds. The molecule has 0 radical (unpaired) electrons. The van der Waals surface area contributed by atoms with Crippen LogP contribution in [0.15, 0.2) is 198 Å². The Balaban J connectivity index is 1.16. The molecule has 53 heavy (non-hydrogen) atoms. The van der Waals surface area contributed by atoms with Crippen LogP contribution in [0, 0.1) is 0 Å². The maximum Gasteiger partial charge on any atom is 0.181 e. The third kappa shape index (κ3) is 4.59. The van der Waals surface area contributed by atoms with Gasteiger partial charge in [0.2, 0.25) is 0 Å². The van der Waals surface area contributed by atoms with Gasteiger partial charge in [0.05, 0.1) is 9.79 Å². The lowest BCUT2D eigenvalue weighted by molar-refractivity contribution is 0.457. The fourth-order valence-corrected chi connectivity index (χ4v) is 15.1. The molecule has 4 heteroatoms. The monoisotopic (exact) mass is 711 g/mol. The Labute approximate surface area is 315 Å². The molecule has 250 valence electrons. The van der Waals surface area contributed by atoms with Gasteiger partial charge >= 0.3 is 0 Å². The van der Waals surface area contributed by atoms with Gasteiger partial charge in [-0.2, -0.15) is 0 Å². The van der Waals surface area contributed by atoms with Crippen LogP contribution in [0.4, 0.5) is 17.1 Å². The van der Waals surface area contributed by atoms with Gasteiger partial charge in [0.15, 0.2) is 8.07 Å². The molecule has 3 aliphatic rings. The SMILES string of the molecule is c1ccc(N(c2ccccc2)c2ccc([Si]3(c4ccc5c(c4)-c4ccccc4C5)c4ccccc4-c4c3ccc3c4Oc4ccccc4S3)cc2)cc1. The van der Waals surface area contributed by atoms with Gasteiger partial charge in [0, 0.05) is 22.6 Å². The first kappa shape index (κ1) is 30.5. The van der Waals surface area contributed by atoms with Crippen molar-refractivity contribution in [1.29, 1.82) is 0 Å². The minimum Gasteiger partial charge on any atom is -0.454 e. The molecule has 0 saturated carbocycles. The average molecular weight is 712 g/mol. The normalized spacial score (nSPS) is 15.6. The van der Waals surface area contributed by atoms with Gasteiger partial charge in [0.1, 0.15) is 11.5 Å². The molecular weight excluding hydrogens is 679 g/mol. The summed E-state index contributed by atoms with van der Waals surface area (Å²) in [5.74, 6) is 1.91. The zero-order chi connectivity index (χ0) is 34.9. The maximum atomic E-state index is 6.91. The van der Waals surface area contributed by atoms with Gasteiger partial charge in [-0.3, -0.25) is 0 Å². The lowest BCUT2D eigenvalue weighted by atomic mass is 10.0. The summed E-state index contributed by atoms with van der Waals surface area (Å²) in [6.07, 6.45) is 0.981. The first-order chi connectivity index (χ1) is 26.3. The minimum atomic E-state index is -2.86. The maximum absolute atomic E-state index is 6.91. The molecule has 8 aromatic carbocycles. The number of hydrogen-bond acceptors (Lipinski definition) is 3. The van der Waals surface area contributed by atoms with Crippen molar-refractivity contribution < 1.29 is 4.74 Å². The summed E-state index contributed by atoms with van der Waals surface area (Å²) in [7, 11) is -2.86. The van der Waals surface area contributed by atoms with Crippen LogP contribution in [-0.2, 0) is 6.42 Å². The van der Waals surface area contributed by atoms with E-state index in [9.17, 15) is 0 Å². The van der Waals surface area contributed by atoms with E-state index in [0.29, 0.717) is 0 Å². The lowest BCUT2D eigenvalue weighted by Gasteiger charge is -2.33. The highest BCUT2D eigenvalue weighted by Gasteiger charge is 2.50. The van der Waals surface area contributed by atoms with Gasteiger partial charge < -0.3 is 9.64 Å². The van der Waals surface area contributed by atoms with Crippen molar-refractivity contribution in [2.45, 2.75) is 16.2 Å². The molecule has 2 aliphatic heterocycles. The summed E-state index contributed by atoms with van der Waals surface area (Å²) in [4.78, 5) is 4.67. The zero-order valence-corrected chi connectivity index (χ0v) is 30.7. The Morgan fingerprint density at radius 2 is 1.08 bits per heavy atom. The van der Waals surface area contributed by atoms with Crippen LogP contribution in [0.3, 0.4) is 0 Å². The summed E-state index contributed by atoms with van der Waals surface area (Å²) in [6.45, 7) is 0. The van der Waals surface area contributed by atoms with E-state index in [2.05, 4.69) is 193 Å². The van der Waals surface area contributed by atoms with Crippen molar-refractivity contribution in [2.75, 3.05) is 4.90 Å². The van der Waals surface area contributed by atoms with Gasteiger partial charge in [-0.15, -0.1) is 0 Å². The third-order valence-electron chi connectivity index (χ3n) is 11.2. The molecule has 0 N–H and O–H groups in total. The molecule has 0 bridgehead atoms. The highest BCUT2D eigenvalue weighted by Crippen LogP contribution is 2.51. The van der Waals surface area contributed by atoms with Gasteiger partial charge in [-0.25, -0.2) is 0 Å². The number of para-hydroxylation sites is 3. The van der Waals surface area contributed by atoms with E-state index in [-0.39, 0.29) is 0 Å². The fourth-order valence-electron chi connectivity index (χ4n) is 8.95. The second-order valence-corrected chi connectivity index (χ2v) is 18.8. The fraction of sp³-hybridized carbons (Fsp3) is 0.0204. The third-order valence-corrected chi connectivity index (χ3v) is 17.2. The molecule has 11 rings (SSSR count). The number of anilines is 3. The minimum absolute atomic E-state index is 0.926. The molecule has 1 atom stereocenters. The van der Waals surface area contributed by atoms with Crippen molar-refractivity contribution >= 4 is 57.6 Å². The average Bonchev–Trinajstić information content (AvgIpc) is 3.75. The Kier molecular flexibility index (Phi) is 6.91. The van der Waals surface area contributed by atoms with Crippen molar-refractivity contribution in [2.24, 2.45) is 0 Å². The molecule has 2 heterocycles. The highest BCUT2D eigenvalue weighted by atomic mass is 32.2. The number of hydrogen-bond donors (Lipinski definition) is 0. The largest absolute Gasteiger partial charge is 0.454 e. The topological polar surface area (TPSA) is 12.5 Å². The molecule has 8 aromatic rings. The Morgan fingerprint density at radius 1 is 0.453 bits per heavy atom. The van der Waals surface area contributed by atoms with Crippen molar-refractivity contribution in [3.05, 3.63) is 199 Å². The second-order valence-electron chi connectivity index (χ2n) is 14.0. The van der Waals surface area contributed by atoms with Gasteiger partial charge in [-0.05, 0) is 110 Å². The van der Waals surface area contributed by atoms with Gasteiger partial charge in [-0.1, -0.05) is 145 Å². The van der Waals surface area contributed by atoms with Crippen molar-refractivity contribution in [1.82, 2.24) is 0 Å². The molecule has 1 aliphatic carbocycles. The summed E-state index contributed by atoms with van der Waals surface area (Å²) in [5.41, 5.74) is 11.5. The molecular formula is C49H33NOSSi. The van der Waals surface area contributed by atoms with Crippen LogP contribution >= 0.6 is 11.8 Å². The van der Waals surface area contributed by atoms with E-state index >= 15 is 0 Å². The van der Waals surface area contributed by atoms with Crippen LogP contribution < -0.4 is 30.4 Å². The standard InChI is InChI=1S/C49H33NOSSi/c1-3-14-35(15-4-1)50(36-16-5-2-6-17-36)37-24-27-38(28-25-37)53(39-26-23-34-31-33-13-7-8-18-40(33)42(34)32-39)46-22-12-9-19-41(46)48-47(53)30-29-45-49(48)51-43-20-10-11-21-44(43)52-45/h1-30,32H,31H2. The zero-order valence-electron chi connectivity index (χ0n) is 28.9. The number of ether oxygens (including phenoxy) is 1. The van der Waals surface area contributed by atoms with Crippen LogP contribution in [0.2, 0.25) is 0 Å². The molecule has 0 saturated heterocycles. The van der Waals surface area contributed by atoms with Crippen molar-refractivity contribution in [3.8, 4) is 33.8 Å². The Hall–Kier alpha value is -6.07. The molecule has 0 fully saturated rings. The van der Waals surface area contributed by atoms with E-state index in [1.54, 1.807) is 0 Å². The van der Waals surface area contributed by atoms with Crippen LogP contribution in [-0.4, -0.2) is 8.07 Å².